The van der Waals surface area contributed by atoms with E-state index in [2.05, 4.69) is 4.90 Å². The van der Waals surface area contributed by atoms with Gasteiger partial charge in [0.05, 0.1) is 6.61 Å². The van der Waals surface area contributed by atoms with Crippen molar-refractivity contribution in [1.82, 2.24) is 4.90 Å². The van der Waals surface area contributed by atoms with E-state index in [1.807, 2.05) is 6.92 Å². The number of ether oxygens (including phenoxy) is 1. The molecule has 96 valence electrons. The first kappa shape index (κ1) is 12.6. The number of allylic oxidation sites excluding steroid dienone is 1. The zero-order valence-corrected chi connectivity index (χ0v) is 10.7. The molecule has 0 radical (unpaired) electrons. The molecule has 17 heavy (non-hydrogen) atoms. The summed E-state index contributed by atoms with van der Waals surface area (Å²) in [6.45, 7) is 4.92. The maximum Gasteiger partial charge on any atom is 0.330 e. The van der Waals surface area contributed by atoms with Crippen LogP contribution in [0.2, 0.25) is 0 Å². The topological polar surface area (TPSA) is 29.5 Å². The maximum absolute atomic E-state index is 11.3. The number of esters is 1. The van der Waals surface area contributed by atoms with Crippen LogP contribution in [0.1, 0.15) is 39.0 Å². The first-order valence-corrected chi connectivity index (χ1v) is 6.85. The van der Waals surface area contributed by atoms with Gasteiger partial charge >= 0.3 is 5.97 Å². The Kier molecular flexibility index (Phi) is 4.60. The summed E-state index contributed by atoms with van der Waals surface area (Å²) >= 11 is 0. The van der Waals surface area contributed by atoms with Crippen LogP contribution >= 0.6 is 0 Å². The van der Waals surface area contributed by atoms with Gasteiger partial charge in [0, 0.05) is 18.0 Å². The number of piperidine rings is 2. The first-order valence-electron chi connectivity index (χ1n) is 6.85. The normalized spacial score (nSPS) is 30.2. The van der Waals surface area contributed by atoms with Crippen molar-refractivity contribution in [3.8, 4) is 0 Å². The van der Waals surface area contributed by atoms with Gasteiger partial charge in [-0.3, -0.25) is 4.90 Å². The minimum absolute atomic E-state index is 0.194. The van der Waals surface area contributed by atoms with E-state index in [0.29, 0.717) is 18.6 Å². The predicted octanol–water partition coefficient (Wildman–Crippen LogP) is 2.37. The summed E-state index contributed by atoms with van der Waals surface area (Å²) in [6.07, 6.45) is 9.65. The number of carbonyl (C=O) groups excluding carboxylic acids is 1. The van der Waals surface area contributed by atoms with Gasteiger partial charge in [-0.15, -0.1) is 0 Å². The van der Waals surface area contributed by atoms with Crippen LogP contribution in [0.4, 0.5) is 0 Å². The highest BCUT2D eigenvalue weighted by Crippen LogP contribution is 2.30. The van der Waals surface area contributed by atoms with Crippen LogP contribution in [-0.4, -0.2) is 36.6 Å². The monoisotopic (exact) mass is 237 g/mol. The third-order valence-corrected chi connectivity index (χ3v) is 3.97. The molecule has 0 aliphatic carbocycles. The van der Waals surface area contributed by atoms with Crippen molar-refractivity contribution in [2.75, 3.05) is 19.7 Å². The fraction of sp³-hybridized carbons (Fsp3) is 0.786. The molecule has 2 heterocycles. The van der Waals surface area contributed by atoms with Crippen molar-refractivity contribution in [2.24, 2.45) is 5.92 Å². The van der Waals surface area contributed by atoms with Gasteiger partial charge in [0.15, 0.2) is 0 Å². The molecule has 0 N–H and O–H groups in total. The van der Waals surface area contributed by atoms with Crippen LogP contribution in [0, 0.1) is 5.92 Å². The van der Waals surface area contributed by atoms with E-state index in [1.54, 1.807) is 6.08 Å². The van der Waals surface area contributed by atoms with Crippen LogP contribution in [0.25, 0.3) is 0 Å². The average Bonchev–Trinajstić information content (AvgIpc) is 2.36. The van der Waals surface area contributed by atoms with Gasteiger partial charge in [-0.05, 0) is 45.7 Å². The number of fused-ring (bicyclic) bond motifs is 1. The molecule has 0 aromatic carbocycles. The number of hydrogen-bond donors (Lipinski definition) is 0. The SMILES string of the molecule is CC=CC(=O)OCC1CCCN2CCCCC12. The Bertz CT molecular complexity index is 286. The molecule has 2 rings (SSSR count). The third-order valence-electron chi connectivity index (χ3n) is 3.97. The minimum atomic E-state index is -0.194. The number of hydrogen-bond acceptors (Lipinski definition) is 3. The largest absolute Gasteiger partial charge is 0.462 e. The van der Waals surface area contributed by atoms with Gasteiger partial charge in [0.25, 0.3) is 0 Å². The zero-order chi connectivity index (χ0) is 12.1. The van der Waals surface area contributed by atoms with Crippen LogP contribution in [0.5, 0.6) is 0 Å². The molecule has 3 heteroatoms. The molecule has 3 nitrogen and oxygen atoms in total. The second-order valence-electron chi connectivity index (χ2n) is 5.13. The van der Waals surface area contributed by atoms with Crippen molar-refractivity contribution in [1.29, 1.82) is 0 Å². The fourth-order valence-electron chi connectivity index (χ4n) is 3.14. The van der Waals surface area contributed by atoms with E-state index in [4.69, 9.17) is 4.74 Å². The Morgan fingerprint density at radius 3 is 2.94 bits per heavy atom. The smallest absolute Gasteiger partial charge is 0.330 e. The molecule has 2 aliphatic heterocycles. The van der Waals surface area contributed by atoms with Gasteiger partial charge in [0.1, 0.15) is 0 Å². The van der Waals surface area contributed by atoms with E-state index in [0.717, 1.165) is 0 Å². The lowest BCUT2D eigenvalue weighted by Crippen LogP contribution is -2.49. The standard InChI is InChI=1S/C14H23NO2/c1-2-6-14(16)17-11-12-7-5-10-15-9-4-3-8-13(12)15/h2,6,12-13H,3-5,7-11H2,1H3. The lowest BCUT2D eigenvalue weighted by molar-refractivity contribution is -0.140. The molecule has 0 aromatic rings. The lowest BCUT2D eigenvalue weighted by atomic mass is 9.84. The number of rotatable bonds is 3. The minimum Gasteiger partial charge on any atom is -0.462 e. The summed E-state index contributed by atoms with van der Waals surface area (Å²) in [5, 5.41) is 0. The van der Waals surface area contributed by atoms with Crippen molar-refractivity contribution < 1.29 is 9.53 Å². The Balaban J connectivity index is 1.84. The second-order valence-corrected chi connectivity index (χ2v) is 5.13. The summed E-state index contributed by atoms with van der Waals surface area (Å²) in [6, 6.07) is 0.663. The molecule has 0 spiro atoms. The molecule has 0 amide bonds. The molecular weight excluding hydrogens is 214 g/mol. The van der Waals surface area contributed by atoms with E-state index in [1.165, 1.54) is 51.3 Å². The molecule has 2 saturated heterocycles. The molecule has 2 aliphatic rings. The Labute approximate surface area is 104 Å². The number of carbonyl (C=O) groups is 1. The van der Waals surface area contributed by atoms with E-state index < -0.39 is 0 Å². The summed E-state index contributed by atoms with van der Waals surface area (Å²) < 4.78 is 5.32. The van der Waals surface area contributed by atoms with Gasteiger partial charge in [-0.25, -0.2) is 4.79 Å². The number of nitrogens with zero attached hydrogens (tertiary/aromatic N) is 1. The van der Waals surface area contributed by atoms with Gasteiger partial charge in [0.2, 0.25) is 0 Å². The molecule has 2 atom stereocenters. The molecule has 2 fully saturated rings. The zero-order valence-electron chi connectivity index (χ0n) is 10.7. The highest BCUT2D eigenvalue weighted by molar-refractivity contribution is 5.81. The Hall–Kier alpha value is -0.830. The summed E-state index contributed by atoms with van der Waals surface area (Å²) in [5.41, 5.74) is 0. The average molecular weight is 237 g/mol. The molecule has 2 unspecified atom stereocenters. The molecule has 0 aromatic heterocycles. The molecular formula is C14H23NO2. The van der Waals surface area contributed by atoms with E-state index in [9.17, 15) is 4.79 Å². The highest BCUT2D eigenvalue weighted by atomic mass is 16.5. The molecule has 0 bridgehead atoms. The third kappa shape index (κ3) is 3.32. The predicted molar refractivity (Wildman–Crippen MR) is 67.7 cm³/mol. The van der Waals surface area contributed by atoms with Crippen LogP contribution < -0.4 is 0 Å². The van der Waals surface area contributed by atoms with Gasteiger partial charge < -0.3 is 4.74 Å². The molecule has 0 saturated carbocycles. The van der Waals surface area contributed by atoms with Crippen molar-refractivity contribution >= 4 is 5.97 Å². The maximum atomic E-state index is 11.3. The Morgan fingerprint density at radius 2 is 2.12 bits per heavy atom. The van der Waals surface area contributed by atoms with Gasteiger partial charge in [-0.1, -0.05) is 12.5 Å². The Morgan fingerprint density at radius 1 is 1.29 bits per heavy atom. The van der Waals surface area contributed by atoms with Crippen LogP contribution in [-0.2, 0) is 9.53 Å². The van der Waals surface area contributed by atoms with Crippen LogP contribution in [0.3, 0.4) is 0 Å². The fourth-order valence-corrected chi connectivity index (χ4v) is 3.14. The van der Waals surface area contributed by atoms with E-state index in [-0.39, 0.29) is 5.97 Å². The van der Waals surface area contributed by atoms with Crippen molar-refractivity contribution in [2.45, 2.75) is 45.1 Å². The first-order chi connectivity index (χ1) is 8.31. The summed E-state index contributed by atoms with van der Waals surface area (Å²) in [7, 11) is 0. The summed E-state index contributed by atoms with van der Waals surface area (Å²) in [4.78, 5) is 13.9. The lowest BCUT2D eigenvalue weighted by Gasteiger charge is -2.44. The quantitative estimate of drug-likeness (QED) is 0.557. The van der Waals surface area contributed by atoms with Crippen molar-refractivity contribution in [3.05, 3.63) is 12.2 Å². The second kappa shape index (κ2) is 6.20. The highest BCUT2D eigenvalue weighted by Gasteiger charge is 2.33. The van der Waals surface area contributed by atoms with Crippen molar-refractivity contribution in [3.63, 3.8) is 0 Å². The summed E-state index contributed by atoms with van der Waals surface area (Å²) in [5.74, 6) is 0.360. The van der Waals surface area contributed by atoms with Crippen LogP contribution in [0.15, 0.2) is 12.2 Å². The van der Waals surface area contributed by atoms with Gasteiger partial charge in [-0.2, -0.15) is 0 Å². The van der Waals surface area contributed by atoms with E-state index >= 15 is 0 Å².